The maximum atomic E-state index is 2.44. The lowest BCUT2D eigenvalue weighted by Crippen LogP contribution is -2.11. The van der Waals surface area contributed by atoms with E-state index in [1.165, 1.54) is 86.9 Å². The molecule has 11 aromatic rings. The summed E-state index contributed by atoms with van der Waals surface area (Å²) in [6, 6.07) is 77.9. The third-order valence-electron chi connectivity index (χ3n) is 11.4. The monoisotopic (exact) mass is 697 g/mol. The van der Waals surface area contributed by atoms with Crippen LogP contribution in [0.3, 0.4) is 0 Å². The third-order valence-corrected chi connectivity index (χ3v) is 11.4. The van der Waals surface area contributed by atoms with Gasteiger partial charge in [-0.25, -0.2) is 0 Å². The van der Waals surface area contributed by atoms with Crippen molar-refractivity contribution in [3.63, 3.8) is 0 Å². The van der Waals surface area contributed by atoms with E-state index in [9.17, 15) is 0 Å². The lowest BCUT2D eigenvalue weighted by Gasteiger charge is -2.29. The Morgan fingerprint density at radius 3 is 1.40 bits per heavy atom. The topological polar surface area (TPSA) is 3.24 Å². The second-order valence-electron chi connectivity index (χ2n) is 14.5. The smallest absolute Gasteiger partial charge is 0.0546 e. The number of nitrogens with zero attached hydrogens (tertiary/aromatic N) is 1. The molecule has 0 saturated carbocycles. The molecule has 55 heavy (non-hydrogen) atoms. The Bertz CT molecular complexity index is 3250. The molecule has 0 fully saturated rings. The van der Waals surface area contributed by atoms with Crippen molar-refractivity contribution in [1.82, 2.24) is 0 Å². The number of hydrogen-bond acceptors (Lipinski definition) is 1. The minimum Gasteiger partial charge on any atom is -0.310 e. The van der Waals surface area contributed by atoms with Crippen LogP contribution in [0.4, 0.5) is 17.1 Å². The highest BCUT2D eigenvalue weighted by atomic mass is 15.1. The van der Waals surface area contributed by atoms with Gasteiger partial charge in [-0.2, -0.15) is 0 Å². The van der Waals surface area contributed by atoms with Crippen LogP contribution in [0.1, 0.15) is 0 Å². The Balaban J connectivity index is 1.10. The van der Waals surface area contributed by atoms with Crippen LogP contribution in [-0.2, 0) is 0 Å². The first-order valence-electron chi connectivity index (χ1n) is 19.0. The van der Waals surface area contributed by atoms with Crippen molar-refractivity contribution in [2.45, 2.75) is 0 Å². The van der Waals surface area contributed by atoms with E-state index in [-0.39, 0.29) is 0 Å². The minimum atomic E-state index is 1.11. The first-order chi connectivity index (χ1) is 27.3. The number of hydrogen-bond donors (Lipinski definition) is 0. The van der Waals surface area contributed by atoms with Crippen LogP contribution < -0.4 is 4.90 Å². The van der Waals surface area contributed by atoms with E-state index in [0.717, 1.165) is 17.1 Å². The molecule has 0 unspecified atom stereocenters. The summed E-state index contributed by atoms with van der Waals surface area (Å²) in [5.41, 5.74) is 8.17. The molecule has 256 valence electrons. The molecule has 1 nitrogen and oxygen atoms in total. The number of fused-ring (bicyclic) bond motifs is 9. The van der Waals surface area contributed by atoms with Crippen LogP contribution >= 0.6 is 0 Å². The van der Waals surface area contributed by atoms with Crippen molar-refractivity contribution < 1.29 is 0 Å². The van der Waals surface area contributed by atoms with Gasteiger partial charge in [0, 0.05) is 16.9 Å². The first kappa shape index (κ1) is 31.3. The van der Waals surface area contributed by atoms with Gasteiger partial charge in [0.05, 0.1) is 5.69 Å². The van der Waals surface area contributed by atoms with Crippen molar-refractivity contribution in [3.05, 3.63) is 212 Å². The van der Waals surface area contributed by atoms with Crippen molar-refractivity contribution >= 4 is 81.7 Å². The van der Waals surface area contributed by atoms with Crippen LogP contribution in [-0.4, -0.2) is 0 Å². The summed E-state index contributed by atoms with van der Waals surface area (Å²) in [4.78, 5) is 2.44. The highest BCUT2D eigenvalue weighted by Crippen LogP contribution is 2.46. The average Bonchev–Trinajstić information content (AvgIpc) is 3.26. The number of benzene rings is 11. The van der Waals surface area contributed by atoms with Crippen molar-refractivity contribution in [2.75, 3.05) is 4.90 Å². The maximum absolute atomic E-state index is 2.44. The van der Waals surface area contributed by atoms with Gasteiger partial charge in [-0.3, -0.25) is 0 Å². The molecular formula is C54H35N. The largest absolute Gasteiger partial charge is 0.310 e. The van der Waals surface area contributed by atoms with Crippen molar-refractivity contribution in [3.8, 4) is 22.3 Å². The quantitative estimate of drug-likeness (QED) is 0.162. The zero-order valence-electron chi connectivity index (χ0n) is 30.2. The highest BCUT2D eigenvalue weighted by Gasteiger charge is 2.20. The highest BCUT2D eigenvalue weighted by molar-refractivity contribution is 6.18. The molecule has 0 N–H and O–H groups in total. The van der Waals surface area contributed by atoms with Crippen LogP contribution in [0.5, 0.6) is 0 Å². The van der Waals surface area contributed by atoms with Gasteiger partial charge >= 0.3 is 0 Å². The molecule has 0 saturated heterocycles. The normalized spacial score (nSPS) is 11.6. The molecule has 0 aliphatic heterocycles. The molecule has 0 heterocycles. The Kier molecular flexibility index (Phi) is 7.25. The lowest BCUT2D eigenvalue weighted by atomic mass is 9.94. The van der Waals surface area contributed by atoms with E-state index in [1.807, 2.05) is 0 Å². The fourth-order valence-electron chi connectivity index (χ4n) is 8.71. The van der Waals surface area contributed by atoms with E-state index in [1.54, 1.807) is 0 Å². The van der Waals surface area contributed by atoms with Gasteiger partial charge in [0.25, 0.3) is 0 Å². The predicted octanol–water partition coefficient (Wildman–Crippen LogP) is 15.4. The van der Waals surface area contributed by atoms with Gasteiger partial charge in [-0.1, -0.05) is 176 Å². The second kappa shape index (κ2) is 12.7. The number of rotatable bonds is 5. The molecule has 0 atom stereocenters. The van der Waals surface area contributed by atoms with Gasteiger partial charge in [0.1, 0.15) is 0 Å². The standard InChI is InChI=1S/C54H35N/c1-2-13-42(14-3-1)54-48-17-9-6-12-39(48)27-33-53(54)55(45-30-24-40-19-18-37-10-5-8-16-47(37)52(40)35-45)44-28-22-36(23-29-44)43-21-20-41-26-31-49-46-15-7-4-11-38(46)25-32-50(49)51(41)34-43/h1-35H. The second-order valence-corrected chi connectivity index (χ2v) is 14.5. The summed E-state index contributed by atoms with van der Waals surface area (Å²) < 4.78 is 0. The van der Waals surface area contributed by atoms with Gasteiger partial charge in [0.2, 0.25) is 0 Å². The summed E-state index contributed by atoms with van der Waals surface area (Å²) in [5.74, 6) is 0. The first-order valence-corrected chi connectivity index (χ1v) is 19.0. The molecule has 0 aliphatic carbocycles. The SMILES string of the molecule is c1ccc(-c2c(N(c3ccc(-c4ccc5ccc6c7ccccc7ccc6c5c4)cc3)c3ccc4ccc5ccccc5c4c3)ccc3ccccc23)cc1. The van der Waals surface area contributed by atoms with Gasteiger partial charge in [-0.15, -0.1) is 0 Å². The summed E-state index contributed by atoms with van der Waals surface area (Å²) >= 11 is 0. The molecule has 1 heteroatoms. The van der Waals surface area contributed by atoms with Gasteiger partial charge in [0.15, 0.2) is 0 Å². The molecule has 0 aromatic heterocycles. The minimum absolute atomic E-state index is 1.11. The van der Waals surface area contributed by atoms with Crippen LogP contribution in [0.25, 0.3) is 86.9 Å². The average molecular weight is 698 g/mol. The molecule has 0 bridgehead atoms. The molecule has 11 rings (SSSR count). The van der Waals surface area contributed by atoms with Crippen LogP contribution in [0.2, 0.25) is 0 Å². The summed E-state index contributed by atoms with van der Waals surface area (Å²) in [7, 11) is 0. The lowest BCUT2D eigenvalue weighted by molar-refractivity contribution is 1.29. The molecule has 0 radical (unpaired) electrons. The zero-order valence-corrected chi connectivity index (χ0v) is 30.2. The molecular weight excluding hydrogens is 663 g/mol. The molecule has 0 amide bonds. The summed E-state index contributed by atoms with van der Waals surface area (Å²) in [5, 5.41) is 15.1. The summed E-state index contributed by atoms with van der Waals surface area (Å²) in [6.07, 6.45) is 0. The third kappa shape index (κ3) is 5.24. The van der Waals surface area contributed by atoms with Crippen LogP contribution in [0.15, 0.2) is 212 Å². The van der Waals surface area contributed by atoms with Gasteiger partial charge < -0.3 is 4.90 Å². The van der Waals surface area contributed by atoms with Crippen molar-refractivity contribution in [2.24, 2.45) is 0 Å². The Hall–Kier alpha value is -7.22. The van der Waals surface area contributed by atoms with E-state index in [2.05, 4.69) is 217 Å². The molecule has 11 aromatic carbocycles. The van der Waals surface area contributed by atoms with E-state index < -0.39 is 0 Å². The van der Waals surface area contributed by atoms with Crippen LogP contribution in [0, 0.1) is 0 Å². The van der Waals surface area contributed by atoms with Crippen molar-refractivity contribution in [1.29, 1.82) is 0 Å². The fraction of sp³-hybridized carbons (Fsp3) is 0. The van der Waals surface area contributed by atoms with Gasteiger partial charge in [-0.05, 0) is 118 Å². The van der Waals surface area contributed by atoms with E-state index in [0.29, 0.717) is 0 Å². The summed E-state index contributed by atoms with van der Waals surface area (Å²) in [6.45, 7) is 0. The molecule has 0 aliphatic rings. The maximum Gasteiger partial charge on any atom is 0.0546 e. The number of anilines is 3. The Labute approximate surface area is 320 Å². The zero-order chi connectivity index (χ0) is 36.3. The molecule has 0 spiro atoms. The van der Waals surface area contributed by atoms with E-state index in [4.69, 9.17) is 0 Å². The fourth-order valence-corrected chi connectivity index (χ4v) is 8.71. The Morgan fingerprint density at radius 1 is 0.236 bits per heavy atom. The predicted molar refractivity (Wildman–Crippen MR) is 237 cm³/mol. The Morgan fingerprint density at radius 2 is 0.691 bits per heavy atom. The van der Waals surface area contributed by atoms with E-state index >= 15 is 0 Å².